The molecule has 2 atom stereocenters. The second kappa shape index (κ2) is 6.14. The van der Waals surface area contributed by atoms with Gasteiger partial charge in [-0.2, -0.15) is 17.0 Å². The van der Waals surface area contributed by atoms with Crippen LogP contribution in [0.25, 0.3) is 0 Å². The number of ether oxygens (including phenoxy) is 1. The van der Waals surface area contributed by atoms with Gasteiger partial charge in [0.15, 0.2) is 0 Å². The lowest BCUT2D eigenvalue weighted by Crippen LogP contribution is -2.53. The molecular weight excluding hydrogens is 252 g/mol. The lowest BCUT2D eigenvalue weighted by molar-refractivity contribution is -0.0453. The van der Waals surface area contributed by atoms with Crippen LogP contribution in [0.1, 0.15) is 27.7 Å². The molecule has 0 bridgehead atoms. The number of likely N-dealkylation sites (N-methyl/N-ethyl adjacent to an activating group) is 1. The van der Waals surface area contributed by atoms with Crippen molar-refractivity contribution in [3.8, 4) is 0 Å². The molecule has 1 aliphatic rings. The van der Waals surface area contributed by atoms with Crippen molar-refractivity contribution in [2.24, 2.45) is 0 Å². The minimum absolute atomic E-state index is 0.0629. The SMILES string of the molecule is C=C(C)CN(CC)S(=O)(=O)N1CC(C)OC(C)C1. The van der Waals surface area contributed by atoms with Crippen molar-refractivity contribution in [3.63, 3.8) is 0 Å². The first-order valence-electron chi connectivity index (χ1n) is 6.32. The zero-order chi connectivity index (χ0) is 13.9. The third-order valence-corrected chi connectivity index (χ3v) is 4.83. The molecule has 1 fully saturated rings. The van der Waals surface area contributed by atoms with Gasteiger partial charge in [-0.05, 0) is 20.8 Å². The van der Waals surface area contributed by atoms with Crippen LogP contribution in [0.4, 0.5) is 0 Å². The van der Waals surface area contributed by atoms with Crippen LogP contribution in [0, 0.1) is 0 Å². The molecule has 1 rings (SSSR count). The molecule has 0 N–H and O–H groups in total. The predicted molar refractivity (Wildman–Crippen MR) is 72.6 cm³/mol. The summed E-state index contributed by atoms with van der Waals surface area (Å²) in [6, 6.07) is 0. The molecule has 0 radical (unpaired) electrons. The van der Waals surface area contributed by atoms with Crippen molar-refractivity contribution in [1.29, 1.82) is 0 Å². The van der Waals surface area contributed by atoms with E-state index >= 15 is 0 Å². The summed E-state index contributed by atoms with van der Waals surface area (Å²) < 4.78 is 33.5. The first-order chi connectivity index (χ1) is 8.27. The second-order valence-corrected chi connectivity index (χ2v) is 6.89. The van der Waals surface area contributed by atoms with Crippen LogP contribution in [-0.4, -0.2) is 55.4 Å². The summed E-state index contributed by atoms with van der Waals surface area (Å²) in [5, 5.41) is 0. The van der Waals surface area contributed by atoms with E-state index in [0.717, 1.165) is 5.57 Å². The van der Waals surface area contributed by atoms with E-state index in [1.54, 1.807) is 0 Å². The molecule has 18 heavy (non-hydrogen) atoms. The summed E-state index contributed by atoms with van der Waals surface area (Å²) >= 11 is 0. The topological polar surface area (TPSA) is 49.9 Å². The highest BCUT2D eigenvalue weighted by molar-refractivity contribution is 7.86. The lowest BCUT2D eigenvalue weighted by Gasteiger charge is -2.37. The third-order valence-electron chi connectivity index (χ3n) is 2.84. The Hall–Kier alpha value is -0.430. The maximum atomic E-state index is 12.5. The van der Waals surface area contributed by atoms with Crippen LogP contribution < -0.4 is 0 Å². The van der Waals surface area contributed by atoms with E-state index in [9.17, 15) is 8.42 Å². The molecule has 1 saturated heterocycles. The van der Waals surface area contributed by atoms with Crippen molar-refractivity contribution < 1.29 is 13.2 Å². The van der Waals surface area contributed by atoms with E-state index in [4.69, 9.17) is 4.74 Å². The van der Waals surface area contributed by atoms with Gasteiger partial charge in [0.25, 0.3) is 10.2 Å². The minimum atomic E-state index is -3.41. The molecular formula is C12H24N2O3S. The molecule has 0 aliphatic carbocycles. The maximum Gasteiger partial charge on any atom is 0.282 e. The fraction of sp³-hybridized carbons (Fsp3) is 0.833. The Morgan fingerprint density at radius 1 is 1.39 bits per heavy atom. The maximum absolute atomic E-state index is 12.5. The van der Waals surface area contributed by atoms with Crippen LogP contribution in [0.2, 0.25) is 0 Å². The van der Waals surface area contributed by atoms with Gasteiger partial charge in [-0.1, -0.05) is 19.1 Å². The Labute approximate surface area is 111 Å². The number of hydrogen-bond acceptors (Lipinski definition) is 3. The van der Waals surface area contributed by atoms with E-state index in [0.29, 0.717) is 26.2 Å². The van der Waals surface area contributed by atoms with Gasteiger partial charge in [-0.25, -0.2) is 0 Å². The standard InChI is InChI=1S/C12H24N2O3S/c1-6-13(7-10(2)3)18(15,16)14-8-11(4)17-12(5)9-14/h11-12H,2,6-9H2,1,3-5H3. The highest BCUT2D eigenvalue weighted by atomic mass is 32.2. The smallest absolute Gasteiger partial charge is 0.282 e. The number of rotatable bonds is 5. The van der Waals surface area contributed by atoms with Crippen LogP contribution in [0.3, 0.4) is 0 Å². The Morgan fingerprint density at radius 2 is 1.89 bits per heavy atom. The highest BCUT2D eigenvalue weighted by Crippen LogP contribution is 2.17. The van der Waals surface area contributed by atoms with Crippen molar-refractivity contribution in [2.75, 3.05) is 26.2 Å². The molecule has 0 aromatic carbocycles. The summed E-state index contributed by atoms with van der Waals surface area (Å²) in [5.41, 5.74) is 0.842. The first-order valence-corrected chi connectivity index (χ1v) is 7.72. The normalized spacial score (nSPS) is 26.5. The Balaban J connectivity index is 2.86. The molecule has 106 valence electrons. The van der Waals surface area contributed by atoms with Crippen LogP contribution in [0.15, 0.2) is 12.2 Å². The number of nitrogens with zero attached hydrogens (tertiary/aromatic N) is 2. The highest BCUT2D eigenvalue weighted by Gasteiger charge is 2.34. The average molecular weight is 276 g/mol. The largest absolute Gasteiger partial charge is 0.373 e. The Bertz CT molecular complexity index is 384. The van der Waals surface area contributed by atoms with Gasteiger partial charge in [0.05, 0.1) is 12.2 Å². The van der Waals surface area contributed by atoms with Gasteiger partial charge in [-0.15, -0.1) is 0 Å². The van der Waals surface area contributed by atoms with E-state index in [1.807, 2.05) is 27.7 Å². The van der Waals surface area contributed by atoms with Crippen LogP contribution >= 0.6 is 0 Å². The zero-order valence-electron chi connectivity index (χ0n) is 11.7. The Morgan fingerprint density at radius 3 is 2.28 bits per heavy atom. The number of morpholine rings is 1. The van der Waals surface area contributed by atoms with Gasteiger partial charge in [0, 0.05) is 26.2 Å². The monoisotopic (exact) mass is 276 g/mol. The van der Waals surface area contributed by atoms with Crippen molar-refractivity contribution in [1.82, 2.24) is 8.61 Å². The molecule has 0 aromatic heterocycles. The van der Waals surface area contributed by atoms with Crippen molar-refractivity contribution >= 4 is 10.2 Å². The van der Waals surface area contributed by atoms with E-state index in [-0.39, 0.29) is 12.2 Å². The van der Waals surface area contributed by atoms with Gasteiger partial charge >= 0.3 is 0 Å². The van der Waals surface area contributed by atoms with Crippen LogP contribution in [-0.2, 0) is 14.9 Å². The van der Waals surface area contributed by atoms with Gasteiger partial charge < -0.3 is 4.74 Å². The van der Waals surface area contributed by atoms with Crippen molar-refractivity contribution in [3.05, 3.63) is 12.2 Å². The quantitative estimate of drug-likeness (QED) is 0.710. The number of hydrogen-bond donors (Lipinski definition) is 0. The summed E-state index contributed by atoms with van der Waals surface area (Å²) in [7, 11) is -3.41. The van der Waals surface area contributed by atoms with Gasteiger partial charge in [0.1, 0.15) is 0 Å². The van der Waals surface area contributed by atoms with Crippen LogP contribution in [0.5, 0.6) is 0 Å². The molecule has 5 nitrogen and oxygen atoms in total. The Kier molecular flexibility index (Phi) is 5.33. The van der Waals surface area contributed by atoms with Gasteiger partial charge in [0.2, 0.25) is 0 Å². The second-order valence-electron chi connectivity index (χ2n) is 4.97. The fourth-order valence-electron chi connectivity index (χ4n) is 2.14. The molecule has 2 unspecified atom stereocenters. The van der Waals surface area contributed by atoms with Crippen molar-refractivity contribution in [2.45, 2.75) is 39.9 Å². The molecule has 0 aromatic rings. The lowest BCUT2D eigenvalue weighted by atomic mass is 10.3. The summed E-state index contributed by atoms with van der Waals surface area (Å²) in [4.78, 5) is 0. The fourth-order valence-corrected chi connectivity index (χ4v) is 3.97. The van der Waals surface area contributed by atoms with E-state index < -0.39 is 10.2 Å². The minimum Gasteiger partial charge on any atom is -0.373 e. The molecule has 0 saturated carbocycles. The van der Waals surface area contributed by atoms with E-state index in [2.05, 4.69) is 6.58 Å². The molecule has 1 heterocycles. The summed E-state index contributed by atoms with van der Waals surface area (Å²) in [5.74, 6) is 0. The molecule has 0 amide bonds. The summed E-state index contributed by atoms with van der Waals surface area (Å²) in [6.45, 7) is 12.9. The molecule has 1 aliphatic heterocycles. The zero-order valence-corrected chi connectivity index (χ0v) is 12.5. The average Bonchev–Trinajstić information content (AvgIpc) is 2.24. The summed E-state index contributed by atoms with van der Waals surface area (Å²) in [6.07, 6.45) is -0.126. The molecule has 0 spiro atoms. The molecule has 6 heteroatoms. The van der Waals surface area contributed by atoms with E-state index in [1.165, 1.54) is 8.61 Å². The predicted octanol–water partition coefficient (Wildman–Crippen LogP) is 1.24. The first kappa shape index (κ1) is 15.6. The third kappa shape index (κ3) is 3.78. The van der Waals surface area contributed by atoms with Gasteiger partial charge in [-0.3, -0.25) is 0 Å².